The minimum absolute atomic E-state index is 0.00642. The summed E-state index contributed by atoms with van der Waals surface area (Å²) in [6.45, 7) is 4.43. The molecule has 0 radical (unpaired) electrons. The smallest absolute Gasteiger partial charge is 0.149 e. The third-order valence-corrected chi connectivity index (χ3v) is 9.13. The number of hydrogen-bond acceptors (Lipinski definition) is 3. The fraction of sp³-hybridized carbons (Fsp3) is 0.106. The minimum Gasteiger partial charge on any atom is -0.507 e. The molecule has 51 heavy (non-hydrogen) atoms. The molecule has 0 aliphatic carbocycles. The van der Waals surface area contributed by atoms with E-state index in [4.69, 9.17) is 16.0 Å². The number of aromatic hydroxyl groups is 1. The summed E-state index contributed by atoms with van der Waals surface area (Å²) < 4.78 is 79.6. The zero-order valence-electron chi connectivity index (χ0n) is 37.6. The highest BCUT2D eigenvalue weighted by atomic mass is 16.3. The number of rotatable bonds is 6. The Balaban J connectivity index is 1.42. The van der Waals surface area contributed by atoms with E-state index in [9.17, 15) is 6.48 Å². The van der Waals surface area contributed by atoms with E-state index in [1.807, 2.05) is 128 Å². The van der Waals surface area contributed by atoms with Gasteiger partial charge < -0.3 is 5.11 Å². The number of nitrogens with zero attached hydrogens (tertiary/aromatic N) is 3. The normalized spacial score (nSPS) is 14.1. The zero-order valence-corrected chi connectivity index (χ0v) is 28.6. The second-order valence-electron chi connectivity index (χ2n) is 12.9. The number of fused-ring (bicyclic) bond motifs is 1. The van der Waals surface area contributed by atoms with Gasteiger partial charge in [0.05, 0.1) is 30.5 Å². The van der Waals surface area contributed by atoms with Crippen LogP contribution in [-0.2, 0) is 0 Å². The molecule has 2 aromatic heterocycles. The molecule has 8 rings (SSSR count). The van der Waals surface area contributed by atoms with Crippen molar-refractivity contribution in [1.82, 2.24) is 14.5 Å². The van der Waals surface area contributed by atoms with Crippen LogP contribution in [0.5, 0.6) is 5.75 Å². The number of hydrogen-bond donors (Lipinski definition) is 1. The topological polar surface area (TPSA) is 50.9 Å². The average molecular weight is 671 g/mol. The standard InChI is InChI=1S/C47H39N3O/c1-29-14-17-34(18-15-29)37-25-38(27-39(26-37)43-28-36(20-21-48-43)35-19-16-31(3)32(4)24-35)41-12-9-13-44-45(41)49-47(50(44)40-10-7-6-8-11-40)42-23-30(2)22-33(5)46(42)51/h6-28,51H,1-5H3/i3D3,16D,19D,20D,21D,24D,28D. The van der Waals surface area contributed by atoms with Crippen molar-refractivity contribution >= 4 is 11.0 Å². The highest BCUT2D eigenvalue weighted by Gasteiger charge is 2.21. The molecule has 6 aromatic carbocycles. The lowest BCUT2D eigenvalue weighted by atomic mass is 9.93. The summed E-state index contributed by atoms with van der Waals surface area (Å²) in [6, 6.07) is 30.6. The van der Waals surface area contributed by atoms with Crippen molar-refractivity contribution in [3.8, 4) is 67.5 Å². The van der Waals surface area contributed by atoms with Crippen LogP contribution < -0.4 is 0 Å². The molecule has 2 heterocycles. The third kappa shape index (κ3) is 6.00. The van der Waals surface area contributed by atoms with Gasteiger partial charge in [0.15, 0.2) is 0 Å². The summed E-state index contributed by atoms with van der Waals surface area (Å²) in [7, 11) is 0. The van der Waals surface area contributed by atoms with E-state index in [0.717, 1.165) is 44.6 Å². The lowest BCUT2D eigenvalue weighted by molar-refractivity contribution is 0.472. The van der Waals surface area contributed by atoms with Crippen molar-refractivity contribution in [2.45, 2.75) is 34.5 Å². The van der Waals surface area contributed by atoms with Crippen LogP contribution in [0.3, 0.4) is 0 Å². The SMILES string of the molecule is [2H]c1nc(-c2cc(-c3ccc(C)cc3)cc(-c3cccc4c3nc(-c3cc(C)cc(C)c3O)n4-c3ccccc3)c2)c([2H])c(-c2c([2H])c([2H])c(C([2H])([2H])[2H])c(C)c2[2H])c1[2H]. The van der Waals surface area contributed by atoms with E-state index < -0.39 is 42.8 Å². The number of imidazole rings is 1. The predicted octanol–water partition coefficient (Wildman–Crippen LogP) is 12.0. The maximum Gasteiger partial charge on any atom is 0.149 e. The van der Waals surface area contributed by atoms with Gasteiger partial charge in [0.2, 0.25) is 0 Å². The Kier molecular flexibility index (Phi) is 5.86. The number of para-hydroxylation sites is 2. The molecule has 0 saturated carbocycles. The maximum absolute atomic E-state index is 11.4. The second-order valence-corrected chi connectivity index (χ2v) is 12.9. The molecule has 248 valence electrons. The van der Waals surface area contributed by atoms with Gasteiger partial charge in [-0.25, -0.2) is 4.98 Å². The summed E-state index contributed by atoms with van der Waals surface area (Å²) in [5, 5.41) is 11.4. The van der Waals surface area contributed by atoms with Gasteiger partial charge in [0.1, 0.15) is 11.6 Å². The molecular weight excluding hydrogens is 623 g/mol. The van der Waals surface area contributed by atoms with E-state index in [-0.39, 0.29) is 34.2 Å². The number of aromatic nitrogens is 3. The molecular formula is C47H39N3O. The fourth-order valence-corrected chi connectivity index (χ4v) is 6.52. The van der Waals surface area contributed by atoms with E-state index in [1.54, 1.807) is 0 Å². The van der Waals surface area contributed by atoms with Gasteiger partial charge in [-0.1, -0.05) is 84.4 Å². The van der Waals surface area contributed by atoms with Crippen LogP contribution in [0.1, 0.15) is 40.2 Å². The van der Waals surface area contributed by atoms with E-state index in [0.29, 0.717) is 28.0 Å². The number of aryl methyl sites for hydroxylation is 3. The first kappa shape index (κ1) is 23.2. The summed E-state index contributed by atoms with van der Waals surface area (Å²) in [5.41, 5.74) is 8.00. The molecule has 0 fully saturated rings. The summed E-state index contributed by atoms with van der Waals surface area (Å²) >= 11 is 0. The van der Waals surface area contributed by atoms with E-state index in [2.05, 4.69) is 4.98 Å². The van der Waals surface area contributed by atoms with Gasteiger partial charge in [-0.2, -0.15) is 0 Å². The van der Waals surface area contributed by atoms with Crippen molar-refractivity contribution in [2.24, 2.45) is 0 Å². The number of phenolic OH excluding ortho intramolecular Hbond substituents is 1. The monoisotopic (exact) mass is 670 g/mol. The first-order chi connectivity index (χ1) is 28.5. The van der Waals surface area contributed by atoms with Gasteiger partial charge in [-0.05, 0) is 139 Å². The lowest BCUT2D eigenvalue weighted by Crippen LogP contribution is -1.98. The zero-order chi connectivity index (χ0) is 42.9. The van der Waals surface area contributed by atoms with Gasteiger partial charge >= 0.3 is 0 Å². The highest BCUT2D eigenvalue weighted by Crippen LogP contribution is 2.41. The number of benzene rings is 6. The fourth-order valence-electron chi connectivity index (χ4n) is 6.52. The molecule has 0 bridgehead atoms. The van der Waals surface area contributed by atoms with Crippen LogP contribution >= 0.6 is 0 Å². The van der Waals surface area contributed by atoms with Crippen molar-refractivity contribution in [2.75, 3.05) is 0 Å². The van der Waals surface area contributed by atoms with Crippen molar-refractivity contribution in [1.29, 1.82) is 0 Å². The molecule has 0 saturated heterocycles. The number of phenols is 1. The Morgan fingerprint density at radius 1 is 0.608 bits per heavy atom. The van der Waals surface area contributed by atoms with Crippen LogP contribution in [0, 0.1) is 34.5 Å². The van der Waals surface area contributed by atoms with Gasteiger partial charge in [0.25, 0.3) is 0 Å². The molecule has 4 heteroatoms. The number of pyridine rings is 1. The van der Waals surface area contributed by atoms with Crippen molar-refractivity contribution < 1.29 is 17.4 Å². The van der Waals surface area contributed by atoms with Gasteiger partial charge in [0, 0.05) is 27.1 Å². The molecule has 0 spiro atoms. The Morgan fingerprint density at radius 3 is 2.18 bits per heavy atom. The van der Waals surface area contributed by atoms with Crippen LogP contribution in [0.4, 0.5) is 0 Å². The van der Waals surface area contributed by atoms with E-state index >= 15 is 0 Å². The second kappa shape index (κ2) is 12.9. The van der Waals surface area contributed by atoms with Crippen LogP contribution in [0.25, 0.3) is 72.7 Å². The molecule has 0 aliphatic heterocycles. The quantitative estimate of drug-likeness (QED) is 0.192. The van der Waals surface area contributed by atoms with Crippen LogP contribution in [0.2, 0.25) is 0 Å². The molecule has 0 amide bonds. The van der Waals surface area contributed by atoms with Crippen LogP contribution in [0.15, 0.2) is 140 Å². The summed E-state index contributed by atoms with van der Waals surface area (Å²) in [5.74, 6) is 0.665. The van der Waals surface area contributed by atoms with Gasteiger partial charge in [-0.3, -0.25) is 9.55 Å². The molecule has 4 nitrogen and oxygen atoms in total. The summed E-state index contributed by atoms with van der Waals surface area (Å²) in [6.07, 6.45) is -0.511. The average Bonchev–Trinajstić information content (AvgIpc) is 3.61. The Labute approximate surface area is 312 Å². The Morgan fingerprint density at radius 2 is 1.37 bits per heavy atom. The third-order valence-electron chi connectivity index (χ3n) is 9.13. The molecule has 8 aromatic rings. The molecule has 0 unspecified atom stereocenters. The first-order valence-corrected chi connectivity index (χ1v) is 16.7. The van der Waals surface area contributed by atoms with Crippen molar-refractivity contribution in [3.05, 3.63) is 167 Å². The van der Waals surface area contributed by atoms with Gasteiger partial charge in [-0.15, -0.1) is 0 Å². The maximum atomic E-state index is 11.4. The molecule has 0 atom stereocenters. The first-order valence-electron chi connectivity index (χ1n) is 21.2. The summed E-state index contributed by atoms with van der Waals surface area (Å²) in [4.78, 5) is 9.69. The molecule has 1 N–H and O–H groups in total. The minimum atomic E-state index is -2.77. The predicted molar refractivity (Wildman–Crippen MR) is 211 cm³/mol. The molecule has 0 aliphatic rings. The lowest BCUT2D eigenvalue weighted by Gasteiger charge is -2.13. The Bertz CT molecular complexity index is 3000. The van der Waals surface area contributed by atoms with Crippen molar-refractivity contribution in [3.63, 3.8) is 0 Å². The highest BCUT2D eigenvalue weighted by molar-refractivity contribution is 5.97. The Hall–Kier alpha value is -6.26. The largest absolute Gasteiger partial charge is 0.507 e. The van der Waals surface area contributed by atoms with Crippen LogP contribution in [-0.4, -0.2) is 19.6 Å². The van der Waals surface area contributed by atoms with E-state index in [1.165, 1.54) is 6.92 Å².